The van der Waals surface area contributed by atoms with Crippen LogP contribution < -0.4 is 5.32 Å². The summed E-state index contributed by atoms with van der Waals surface area (Å²) in [5.41, 5.74) is 0.983. The number of nitrogens with zero attached hydrogens (tertiary/aromatic N) is 1. The molecule has 3 rings (SSSR count). The van der Waals surface area contributed by atoms with Gasteiger partial charge in [0.1, 0.15) is 11.9 Å². The van der Waals surface area contributed by atoms with Crippen LogP contribution >= 0.6 is 11.5 Å². The van der Waals surface area contributed by atoms with Crippen LogP contribution in [0.25, 0.3) is 10.1 Å². The van der Waals surface area contributed by atoms with Crippen LogP contribution in [0.4, 0.5) is 5.82 Å². The largest absolute Gasteiger partial charge is 0.480 e. The molecular formula is C16H14N2O2S. The maximum Gasteiger partial charge on any atom is 0.326 e. The molecular weight excluding hydrogens is 284 g/mol. The van der Waals surface area contributed by atoms with Gasteiger partial charge in [0, 0.05) is 11.8 Å². The van der Waals surface area contributed by atoms with Crippen molar-refractivity contribution < 1.29 is 9.90 Å². The fourth-order valence-electron chi connectivity index (χ4n) is 2.20. The van der Waals surface area contributed by atoms with E-state index in [0.717, 1.165) is 15.6 Å². The first kappa shape index (κ1) is 13.6. The highest BCUT2D eigenvalue weighted by atomic mass is 32.1. The molecule has 1 aromatic heterocycles. The van der Waals surface area contributed by atoms with E-state index in [1.807, 2.05) is 54.6 Å². The minimum atomic E-state index is -0.879. The standard InChI is InChI=1S/C16H14N2O2S/c19-16(20)13(10-11-6-2-1-3-7-11)17-15-12-8-4-5-9-14(12)21-18-15/h1-9,13H,10H2,(H,17,18)(H,19,20)/t13-/m0/s1. The van der Waals surface area contributed by atoms with Crippen LogP contribution in [0.5, 0.6) is 0 Å². The van der Waals surface area contributed by atoms with Crippen molar-refractivity contribution in [3.8, 4) is 0 Å². The van der Waals surface area contributed by atoms with Gasteiger partial charge in [0.15, 0.2) is 0 Å². The van der Waals surface area contributed by atoms with E-state index < -0.39 is 12.0 Å². The predicted octanol–water partition coefficient (Wildman–Crippen LogP) is 3.40. The normalized spacial score (nSPS) is 12.2. The molecule has 5 heteroatoms. The Kier molecular flexibility index (Phi) is 3.83. The SMILES string of the molecule is O=C(O)[C@H](Cc1ccccc1)Nc1nsc2ccccc12. The molecule has 21 heavy (non-hydrogen) atoms. The number of carboxylic acid groups (broad SMARTS) is 1. The lowest BCUT2D eigenvalue weighted by molar-refractivity contribution is -0.137. The van der Waals surface area contributed by atoms with Crippen molar-refractivity contribution in [1.29, 1.82) is 0 Å². The summed E-state index contributed by atoms with van der Waals surface area (Å²) in [5, 5.41) is 13.4. The Morgan fingerprint density at radius 2 is 1.86 bits per heavy atom. The summed E-state index contributed by atoms with van der Waals surface area (Å²) in [6.07, 6.45) is 0.419. The number of nitrogens with one attached hydrogen (secondary N) is 1. The maximum atomic E-state index is 11.5. The first-order valence-electron chi connectivity index (χ1n) is 6.62. The van der Waals surface area contributed by atoms with E-state index >= 15 is 0 Å². The summed E-state index contributed by atoms with van der Waals surface area (Å²) in [4.78, 5) is 11.5. The molecule has 0 saturated carbocycles. The summed E-state index contributed by atoms with van der Waals surface area (Å²) in [6, 6.07) is 16.7. The molecule has 4 nitrogen and oxygen atoms in total. The number of benzene rings is 2. The highest BCUT2D eigenvalue weighted by molar-refractivity contribution is 7.13. The minimum absolute atomic E-state index is 0.419. The lowest BCUT2D eigenvalue weighted by Crippen LogP contribution is -2.31. The van der Waals surface area contributed by atoms with Gasteiger partial charge in [-0.25, -0.2) is 4.79 Å². The number of aromatic nitrogens is 1. The van der Waals surface area contributed by atoms with Crippen LogP contribution in [-0.2, 0) is 11.2 Å². The Morgan fingerprint density at radius 3 is 2.62 bits per heavy atom. The van der Waals surface area contributed by atoms with Gasteiger partial charge in [-0.3, -0.25) is 0 Å². The first-order chi connectivity index (χ1) is 10.2. The lowest BCUT2D eigenvalue weighted by Gasteiger charge is -2.14. The number of anilines is 1. The van der Waals surface area contributed by atoms with Crippen molar-refractivity contribution in [1.82, 2.24) is 4.37 Å². The Balaban J connectivity index is 1.84. The first-order valence-corrected chi connectivity index (χ1v) is 7.39. The van der Waals surface area contributed by atoms with Crippen LogP contribution in [0.2, 0.25) is 0 Å². The third-order valence-electron chi connectivity index (χ3n) is 3.27. The Labute approximate surface area is 126 Å². The fraction of sp³-hybridized carbons (Fsp3) is 0.125. The summed E-state index contributed by atoms with van der Waals surface area (Å²) in [6.45, 7) is 0. The van der Waals surface area contributed by atoms with Gasteiger partial charge in [0.2, 0.25) is 0 Å². The Hall–Kier alpha value is -2.40. The van der Waals surface area contributed by atoms with E-state index in [1.54, 1.807) is 0 Å². The second-order valence-corrected chi connectivity index (χ2v) is 5.56. The van der Waals surface area contributed by atoms with Crippen LogP contribution in [0.3, 0.4) is 0 Å². The van der Waals surface area contributed by atoms with E-state index in [1.165, 1.54) is 11.5 Å². The van der Waals surface area contributed by atoms with Gasteiger partial charge in [0.05, 0.1) is 4.70 Å². The van der Waals surface area contributed by atoms with Crippen LogP contribution in [0, 0.1) is 0 Å². The average Bonchev–Trinajstić information content (AvgIpc) is 2.91. The third-order valence-corrected chi connectivity index (χ3v) is 4.10. The molecule has 1 heterocycles. The van der Waals surface area contributed by atoms with Crippen LogP contribution in [0.15, 0.2) is 54.6 Å². The van der Waals surface area contributed by atoms with Crippen molar-refractivity contribution >= 4 is 33.4 Å². The summed E-state index contributed by atoms with van der Waals surface area (Å²) < 4.78 is 5.37. The molecule has 0 aliphatic heterocycles. The van der Waals surface area contributed by atoms with Gasteiger partial charge in [-0.05, 0) is 29.2 Å². The molecule has 0 aliphatic carbocycles. The molecule has 2 N–H and O–H groups in total. The Morgan fingerprint density at radius 1 is 1.14 bits per heavy atom. The summed E-state index contributed by atoms with van der Waals surface area (Å²) in [5.74, 6) is -0.241. The number of hydrogen-bond acceptors (Lipinski definition) is 4. The van der Waals surface area contributed by atoms with Crippen molar-refractivity contribution in [2.45, 2.75) is 12.5 Å². The second-order valence-electron chi connectivity index (χ2n) is 4.75. The van der Waals surface area contributed by atoms with Gasteiger partial charge in [-0.15, -0.1) is 0 Å². The molecule has 0 radical (unpaired) electrons. The zero-order valence-electron chi connectivity index (χ0n) is 11.2. The molecule has 0 amide bonds. The molecule has 0 spiro atoms. The van der Waals surface area contributed by atoms with E-state index in [4.69, 9.17) is 0 Å². The van der Waals surface area contributed by atoms with Crippen LogP contribution in [0.1, 0.15) is 5.56 Å². The highest BCUT2D eigenvalue weighted by Crippen LogP contribution is 2.27. The molecule has 1 atom stereocenters. The van der Waals surface area contributed by atoms with Crippen molar-refractivity contribution in [2.75, 3.05) is 5.32 Å². The Bertz CT molecular complexity index is 755. The lowest BCUT2D eigenvalue weighted by atomic mass is 10.1. The van der Waals surface area contributed by atoms with Gasteiger partial charge in [0.25, 0.3) is 0 Å². The minimum Gasteiger partial charge on any atom is -0.480 e. The molecule has 3 aromatic rings. The van der Waals surface area contributed by atoms with Crippen molar-refractivity contribution in [2.24, 2.45) is 0 Å². The van der Waals surface area contributed by atoms with Gasteiger partial charge < -0.3 is 10.4 Å². The second kappa shape index (κ2) is 5.93. The predicted molar refractivity (Wildman–Crippen MR) is 84.8 cm³/mol. The molecule has 2 aromatic carbocycles. The van der Waals surface area contributed by atoms with E-state index in [-0.39, 0.29) is 0 Å². The molecule has 0 unspecified atom stereocenters. The van der Waals surface area contributed by atoms with Gasteiger partial charge in [-0.1, -0.05) is 42.5 Å². The van der Waals surface area contributed by atoms with Crippen molar-refractivity contribution in [3.05, 3.63) is 60.2 Å². The number of carboxylic acids is 1. The summed E-state index contributed by atoms with van der Waals surface area (Å²) >= 11 is 1.37. The summed E-state index contributed by atoms with van der Waals surface area (Å²) in [7, 11) is 0. The molecule has 106 valence electrons. The molecule has 0 fully saturated rings. The number of fused-ring (bicyclic) bond motifs is 1. The number of carbonyl (C=O) groups is 1. The van der Waals surface area contributed by atoms with E-state index in [2.05, 4.69) is 9.69 Å². The van der Waals surface area contributed by atoms with Crippen molar-refractivity contribution in [3.63, 3.8) is 0 Å². The smallest absolute Gasteiger partial charge is 0.326 e. The molecule has 0 saturated heterocycles. The fourth-order valence-corrected chi connectivity index (χ4v) is 2.95. The molecule has 0 aliphatic rings. The van der Waals surface area contributed by atoms with Gasteiger partial charge >= 0.3 is 5.97 Å². The zero-order valence-corrected chi connectivity index (χ0v) is 12.0. The quantitative estimate of drug-likeness (QED) is 0.758. The average molecular weight is 298 g/mol. The van der Waals surface area contributed by atoms with Crippen LogP contribution in [-0.4, -0.2) is 21.5 Å². The monoisotopic (exact) mass is 298 g/mol. The topological polar surface area (TPSA) is 62.2 Å². The van der Waals surface area contributed by atoms with E-state index in [0.29, 0.717) is 12.2 Å². The van der Waals surface area contributed by atoms with E-state index in [9.17, 15) is 9.90 Å². The highest BCUT2D eigenvalue weighted by Gasteiger charge is 2.19. The molecule has 0 bridgehead atoms. The number of hydrogen-bond donors (Lipinski definition) is 2. The third kappa shape index (κ3) is 3.03. The maximum absolute atomic E-state index is 11.5. The number of rotatable bonds is 5. The number of aliphatic carboxylic acids is 1. The van der Waals surface area contributed by atoms with Gasteiger partial charge in [-0.2, -0.15) is 4.37 Å². The zero-order chi connectivity index (χ0) is 14.7.